The molecule has 0 heterocycles. The van der Waals surface area contributed by atoms with Crippen LogP contribution in [0, 0.1) is 0 Å². The molecule has 0 rings (SSSR count). The van der Waals surface area contributed by atoms with E-state index < -0.39 is 13.9 Å². The number of hydrogen-bond acceptors (Lipinski definition) is 6. The minimum Gasteiger partial charge on any atom is -0.457 e. The Kier molecular flexibility index (Phi) is 47.3. The molecule has 65 heavy (non-hydrogen) atoms. The Morgan fingerprint density at radius 3 is 1.32 bits per heavy atom. The molecule has 0 aliphatic rings. The van der Waals surface area contributed by atoms with Gasteiger partial charge in [0.05, 0.1) is 34.4 Å². The Bertz CT molecular complexity index is 1220. The van der Waals surface area contributed by atoms with E-state index >= 15 is 0 Å². The molecular weight excluding hydrogens is 830 g/mol. The highest BCUT2D eigenvalue weighted by Gasteiger charge is 2.26. The number of phosphoric ester groups is 1. The van der Waals surface area contributed by atoms with Crippen LogP contribution in [-0.2, 0) is 27.9 Å². The molecule has 9 heteroatoms. The molecule has 0 aromatic heterocycles. The fraction of sp³-hybridized carbons (Fsp3) is 0.804. The SMILES string of the molecule is CC/C=C\C/C=C\C/C=C\C/C=C\C/C=C\CCCCCC(=O)OC(COCCCCCCCCCCCCCCCCCCCCCCCCCC)COP(=O)(O)OCC[N+](C)(C)C. The minimum atomic E-state index is -4.29. The van der Waals surface area contributed by atoms with E-state index in [1.54, 1.807) is 0 Å². The van der Waals surface area contributed by atoms with Crippen LogP contribution in [0.1, 0.15) is 232 Å². The molecule has 1 N–H and O–H groups in total. The van der Waals surface area contributed by atoms with Crippen molar-refractivity contribution in [3.63, 3.8) is 0 Å². The quantitative estimate of drug-likeness (QED) is 0.0214. The minimum absolute atomic E-state index is 0.0808. The molecule has 0 fully saturated rings. The summed E-state index contributed by atoms with van der Waals surface area (Å²) in [7, 11) is 1.65. The topological polar surface area (TPSA) is 91.3 Å². The summed E-state index contributed by atoms with van der Waals surface area (Å²) in [6, 6.07) is 0. The fourth-order valence-corrected chi connectivity index (χ4v) is 8.21. The van der Waals surface area contributed by atoms with Gasteiger partial charge in [-0.05, 0) is 57.8 Å². The van der Waals surface area contributed by atoms with Gasteiger partial charge in [-0.2, -0.15) is 0 Å². The Balaban J connectivity index is 4.13. The van der Waals surface area contributed by atoms with E-state index in [4.69, 9.17) is 18.5 Å². The maximum Gasteiger partial charge on any atom is 0.472 e. The number of carbonyl (C=O) groups excluding carboxylic acids is 1. The van der Waals surface area contributed by atoms with Crippen LogP contribution < -0.4 is 0 Å². The molecule has 0 bridgehead atoms. The van der Waals surface area contributed by atoms with Gasteiger partial charge < -0.3 is 18.9 Å². The van der Waals surface area contributed by atoms with E-state index in [-0.39, 0.29) is 25.8 Å². The molecule has 0 saturated carbocycles. The van der Waals surface area contributed by atoms with Crippen molar-refractivity contribution in [1.29, 1.82) is 0 Å². The second kappa shape index (κ2) is 48.6. The summed E-state index contributed by atoms with van der Waals surface area (Å²) < 4.78 is 35.2. The van der Waals surface area contributed by atoms with Gasteiger partial charge in [-0.1, -0.05) is 229 Å². The van der Waals surface area contributed by atoms with Crippen molar-refractivity contribution in [2.24, 2.45) is 0 Å². The monoisotopic (exact) mass is 935 g/mol. The van der Waals surface area contributed by atoms with E-state index in [0.29, 0.717) is 24.1 Å². The summed E-state index contributed by atoms with van der Waals surface area (Å²) in [5.41, 5.74) is 0. The Labute approximate surface area is 402 Å². The first-order chi connectivity index (χ1) is 31.6. The maximum atomic E-state index is 12.8. The maximum absolute atomic E-state index is 12.8. The van der Waals surface area contributed by atoms with Crippen molar-refractivity contribution in [2.75, 3.05) is 54.1 Å². The predicted octanol–water partition coefficient (Wildman–Crippen LogP) is 16.8. The first kappa shape index (κ1) is 63.2. The van der Waals surface area contributed by atoms with Gasteiger partial charge >= 0.3 is 13.8 Å². The Morgan fingerprint density at radius 2 is 0.892 bits per heavy atom. The number of hydrogen-bond donors (Lipinski definition) is 1. The van der Waals surface area contributed by atoms with Gasteiger partial charge in [0.1, 0.15) is 19.3 Å². The van der Waals surface area contributed by atoms with Crippen LogP contribution in [0.25, 0.3) is 0 Å². The first-order valence-electron chi connectivity index (χ1n) is 27.0. The van der Waals surface area contributed by atoms with Crippen molar-refractivity contribution >= 4 is 13.8 Å². The molecule has 380 valence electrons. The summed E-state index contributed by atoms with van der Waals surface area (Å²) in [6.45, 7) is 5.49. The van der Waals surface area contributed by atoms with E-state index in [9.17, 15) is 14.3 Å². The van der Waals surface area contributed by atoms with Crippen LogP contribution >= 0.6 is 7.82 Å². The number of allylic oxidation sites excluding steroid dienone is 10. The largest absolute Gasteiger partial charge is 0.472 e. The van der Waals surface area contributed by atoms with Crippen LogP contribution in [0.5, 0.6) is 0 Å². The van der Waals surface area contributed by atoms with Gasteiger partial charge in [0, 0.05) is 13.0 Å². The van der Waals surface area contributed by atoms with Gasteiger partial charge in [0.15, 0.2) is 0 Å². The number of likely N-dealkylation sites (N-methyl/N-ethyl adjacent to an activating group) is 1. The smallest absolute Gasteiger partial charge is 0.457 e. The molecule has 0 aromatic rings. The van der Waals surface area contributed by atoms with Crippen molar-refractivity contribution in [3.05, 3.63) is 60.8 Å². The van der Waals surface area contributed by atoms with Crippen LogP contribution in [0.15, 0.2) is 60.8 Å². The molecule has 0 aliphatic heterocycles. The van der Waals surface area contributed by atoms with Crippen molar-refractivity contribution in [1.82, 2.24) is 0 Å². The van der Waals surface area contributed by atoms with Gasteiger partial charge in [-0.25, -0.2) is 4.57 Å². The highest BCUT2D eigenvalue weighted by molar-refractivity contribution is 7.47. The lowest BCUT2D eigenvalue weighted by Crippen LogP contribution is -2.37. The summed E-state index contributed by atoms with van der Waals surface area (Å²) >= 11 is 0. The average Bonchev–Trinajstić information content (AvgIpc) is 3.27. The average molecular weight is 935 g/mol. The number of unbranched alkanes of at least 4 members (excludes halogenated alkanes) is 26. The van der Waals surface area contributed by atoms with Crippen molar-refractivity contribution in [2.45, 2.75) is 238 Å². The van der Waals surface area contributed by atoms with Crippen LogP contribution in [0.2, 0.25) is 0 Å². The standard InChI is InChI=1S/C56H104NO7P/c1-6-8-10-12-14-16-18-20-22-24-26-27-28-29-30-32-34-36-38-40-42-44-46-48-51-61-53-55(54-63-65(59,60)62-52-50-57(3,4)5)64-56(58)49-47-45-43-41-39-37-35-33-31-25-23-21-19-17-15-13-11-9-7-2/h9,11,15,17,21,23,31,33,37,39,55H,6-8,10,12-14,16,18-20,22,24-30,32,34-36,38,40-54H2,1-5H3/p+1/b11-9-,17-15-,23-21-,33-31-,39-37-. The number of esters is 1. The number of carbonyl (C=O) groups is 1. The zero-order valence-corrected chi connectivity index (χ0v) is 44.1. The van der Waals surface area contributed by atoms with Gasteiger partial charge in [-0.15, -0.1) is 0 Å². The highest BCUT2D eigenvalue weighted by atomic mass is 31.2. The summed E-state index contributed by atoms with van der Waals surface area (Å²) in [5, 5.41) is 0. The van der Waals surface area contributed by atoms with Crippen LogP contribution in [0.4, 0.5) is 0 Å². The third-order valence-electron chi connectivity index (χ3n) is 11.6. The molecule has 0 radical (unpaired) electrons. The number of phosphoric acid groups is 1. The van der Waals surface area contributed by atoms with E-state index in [2.05, 4.69) is 74.6 Å². The number of quaternary nitrogens is 1. The molecule has 0 aliphatic carbocycles. The number of nitrogens with zero attached hydrogens (tertiary/aromatic N) is 1. The Hall–Kier alpha value is -1.80. The predicted molar refractivity (Wildman–Crippen MR) is 279 cm³/mol. The lowest BCUT2D eigenvalue weighted by Gasteiger charge is -2.24. The van der Waals surface area contributed by atoms with Crippen molar-refractivity contribution < 1.29 is 37.3 Å². The van der Waals surface area contributed by atoms with Crippen molar-refractivity contribution in [3.8, 4) is 0 Å². The molecular formula is C56H105NO7P+. The molecule has 0 aromatic carbocycles. The van der Waals surface area contributed by atoms with Crippen LogP contribution in [-0.4, -0.2) is 75.6 Å². The molecule has 0 amide bonds. The normalized spacial score (nSPS) is 14.0. The van der Waals surface area contributed by atoms with E-state index in [1.807, 2.05) is 21.1 Å². The summed E-state index contributed by atoms with van der Waals surface area (Å²) in [6.07, 6.45) is 62.8. The van der Waals surface area contributed by atoms with Gasteiger partial charge in [-0.3, -0.25) is 13.8 Å². The van der Waals surface area contributed by atoms with E-state index in [1.165, 1.54) is 141 Å². The third-order valence-corrected chi connectivity index (χ3v) is 12.6. The molecule has 0 spiro atoms. The molecule has 2 unspecified atom stereocenters. The Morgan fingerprint density at radius 1 is 0.492 bits per heavy atom. The highest BCUT2D eigenvalue weighted by Crippen LogP contribution is 2.43. The molecule has 2 atom stereocenters. The number of ether oxygens (including phenoxy) is 2. The number of rotatable bonds is 50. The zero-order chi connectivity index (χ0) is 47.6. The second-order valence-electron chi connectivity index (χ2n) is 19.2. The van der Waals surface area contributed by atoms with Crippen LogP contribution in [0.3, 0.4) is 0 Å². The second-order valence-corrected chi connectivity index (χ2v) is 20.7. The lowest BCUT2D eigenvalue weighted by molar-refractivity contribution is -0.870. The van der Waals surface area contributed by atoms with Gasteiger partial charge in [0.2, 0.25) is 0 Å². The fourth-order valence-electron chi connectivity index (χ4n) is 7.46. The van der Waals surface area contributed by atoms with E-state index in [0.717, 1.165) is 70.6 Å². The third kappa shape index (κ3) is 53.0. The summed E-state index contributed by atoms with van der Waals surface area (Å²) in [5.74, 6) is -0.342. The summed E-state index contributed by atoms with van der Waals surface area (Å²) in [4.78, 5) is 23.0. The molecule has 0 saturated heterocycles. The van der Waals surface area contributed by atoms with Gasteiger partial charge in [0.25, 0.3) is 0 Å². The first-order valence-corrected chi connectivity index (χ1v) is 28.5. The molecule has 8 nitrogen and oxygen atoms in total. The lowest BCUT2D eigenvalue weighted by atomic mass is 10.0. The zero-order valence-electron chi connectivity index (χ0n) is 43.2.